The number of carbonyl (C=O) groups excluding carboxylic acids is 1. The van der Waals surface area contributed by atoms with Gasteiger partial charge in [-0.15, -0.1) is 0 Å². The van der Waals surface area contributed by atoms with Gasteiger partial charge in [0.1, 0.15) is 5.82 Å². The Morgan fingerprint density at radius 2 is 2.00 bits per heavy atom. The Morgan fingerprint density at radius 3 is 2.62 bits per heavy atom. The molecule has 124 valence electrons. The number of hydrogen-bond acceptors (Lipinski definition) is 4. The van der Waals surface area contributed by atoms with Gasteiger partial charge < -0.3 is 4.74 Å². The van der Waals surface area contributed by atoms with Crippen LogP contribution in [0.3, 0.4) is 0 Å². The highest BCUT2D eigenvalue weighted by molar-refractivity contribution is 6.04. The SMILES string of the molecule is CCCn1nc(C)c2c(C(=O)OC)cc(-c3ccc(F)cc3)nc21. The first-order valence-corrected chi connectivity index (χ1v) is 7.77. The Balaban J connectivity index is 2.29. The molecule has 0 N–H and O–H groups in total. The summed E-state index contributed by atoms with van der Waals surface area (Å²) in [6, 6.07) is 7.68. The van der Waals surface area contributed by atoms with Crippen LogP contribution in [0.4, 0.5) is 4.39 Å². The van der Waals surface area contributed by atoms with Gasteiger partial charge in [-0.05, 0) is 43.7 Å². The second-order valence-corrected chi connectivity index (χ2v) is 5.56. The number of esters is 1. The lowest BCUT2D eigenvalue weighted by Crippen LogP contribution is -2.05. The Morgan fingerprint density at radius 1 is 1.29 bits per heavy atom. The monoisotopic (exact) mass is 327 g/mol. The molecule has 0 saturated heterocycles. The smallest absolute Gasteiger partial charge is 0.338 e. The normalized spacial score (nSPS) is 11.0. The van der Waals surface area contributed by atoms with E-state index >= 15 is 0 Å². The van der Waals surface area contributed by atoms with Gasteiger partial charge >= 0.3 is 5.97 Å². The molecule has 0 aliphatic heterocycles. The molecule has 0 fully saturated rings. The van der Waals surface area contributed by atoms with Crippen LogP contribution in [-0.2, 0) is 11.3 Å². The minimum absolute atomic E-state index is 0.320. The minimum atomic E-state index is -0.440. The average molecular weight is 327 g/mol. The van der Waals surface area contributed by atoms with Crippen LogP contribution in [0.15, 0.2) is 30.3 Å². The van der Waals surface area contributed by atoms with E-state index in [9.17, 15) is 9.18 Å². The van der Waals surface area contributed by atoms with E-state index in [0.717, 1.165) is 17.7 Å². The number of fused-ring (bicyclic) bond motifs is 1. The zero-order valence-corrected chi connectivity index (χ0v) is 13.8. The van der Waals surface area contributed by atoms with Crippen LogP contribution < -0.4 is 0 Å². The van der Waals surface area contributed by atoms with Gasteiger partial charge in [-0.2, -0.15) is 5.10 Å². The van der Waals surface area contributed by atoms with Crippen LogP contribution in [0.5, 0.6) is 0 Å². The molecule has 0 spiro atoms. The molecule has 0 atom stereocenters. The number of rotatable bonds is 4. The molecule has 6 heteroatoms. The van der Waals surface area contributed by atoms with Gasteiger partial charge in [0.05, 0.1) is 29.4 Å². The second kappa shape index (κ2) is 6.39. The largest absolute Gasteiger partial charge is 0.465 e. The molecule has 3 aromatic rings. The standard InChI is InChI=1S/C18H18FN3O2/c1-4-9-22-17-16(11(2)21-22)14(18(23)24-3)10-15(20-17)12-5-7-13(19)8-6-12/h5-8,10H,4,9H2,1-3H3. The predicted octanol–water partition coefficient (Wildman–Crippen LogP) is 3.74. The van der Waals surface area contributed by atoms with E-state index in [1.54, 1.807) is 22.9 Å². The van der Waals surface area contributed by atoms with Crippen LogP contribution in [-0.4, -0.2) is 27.8 Å². The molecule has 2 aromatic heterocycles. The van der Waals surface area contributed by atoms with Crippen molar-refractivity contribution in [1.82, 2.24) is 14.8 Å². The number of aromatic nitrogens is 3. The maximum atomic E-state index is 13.2. The van der Waals surface area contributed by atoms with Crippen molar-refractivity contribution >= 4 is 17.0 Å². The van der Waals surface area contributed by atoms with Crippen molar-refractivity contribution in [3.63, 3.8) is 0 Å². The van der Waals surface area contributed by atoms with Gasteiger partial charge in [0.2, 0.25) is 0 Å². The highest BCUT2D eigenvalue weighted by atomic mass is 19.1. The number of nitrogens with zero attached hydrogens (tertiary/aromatic N) is 3. The Bertz CT molecular complexity index is 901. The summed E-state index contributed by atoms with van der Waals surface area (Å²) in [5.74, 6) is -0.759. The number of ether oxygens (including phenoxy) is 1. The summed E-state index contributed by atoms with van der Waals surface area (Å²) >= 11 is 0. The van der Waals surface area contributed by atoms with Crippen LogP contribution in [0, 0.1) is 12.7 Å². The molecule has 0 aliphatic carbocycles. The average Bonchev–Trinajstić information content (AvgIpc) is 2.90. The third kappa shape index (κ3) is 2.75. The molecule has 24 heavy (non-hydrogen) atoms. The first-order valence-electron chi connectivity index (χ1n) is 7.77. The summed E-state index contributed by atoms with van der Waals surface area (Å²) in [4.78, 5) is 16.9. The molecule has 1 aromatic carbocycles. The van der Waals surface area contributed by atoms with E-state index in [0.29, 0.717) is 28.8 Å². The molecular formula is C18H18FN3O2. The highest BCUT2D eigenvalue weighted by Crippen LogP contribution is 2.28. The van der Waals surface area contributed by atoms with E-state index in [-0.39, 0.29) is 5.82 Å². The van der Waals surface area contributed by atoms with Gasteiger partial charge in [-0.3, -0.25) is 0 Å². The number of methoxy groups -OCH3 is 1. The van der Waals surface area contributed by atoms with Crippen LogP contribution in [0.1, 0.15) is 29.4 Å². The zero-order chi connectivity index (χ0) is 17.3. The molecule has 0 radical (unpaired) electrons. The molecule has 0 bridgehead atoms. The lowest BCUT2D eigenvalue weighted by Gasteiger charge is -2.08. The van der Waals surface area contributed by atoms with Crippen molar-refractivity contribution in [3.8, 4) is 11.3 Å². The van der Waals surface area contributed by atoms with E-state index in [4.69, 9.17) is 4.74 Å². The molecular weight excluding hydrogens is 309 g/mol. The third-order valence-electron chi connectivity index (χ3n) is 3.86. The van der Waals surface area contributed by atoms with Gasteiger partial charge in [0, 0.05) is 12.1 Å². The van der Waals surface area contributed by atoms with E-state index < -0.39 is 5.97 Å². The predicted molar refractivity (Wildman–Crippen MR) is 89.3 cm³/mol. The summed E-state index contributed by atoms with van der Waals surface area (Å²) in [5.41, 5.74) is 3.10. The highest BCUT2D eigenvalue weighted by Gasteiger charge is 2.20. The molecule has 0 amide bonds. The van der Waals surface area contributed by atoms with E-state index in [1.165, 1.54) is 19.2 Å². The molecule has 2 heterocycles. The van der Waals surface area contributed by atoms with Crippen molar-refractivity contribution in [2.75, 3.05) is 7.11 Å². The van der Waals surface area contributed by atoms with Crippen molar-refractivity contribution in [1.29, 1.82) is 0 Å². The molecule has 0 aliphatic rings. The fourth-order valence-corrected chi connectivity index (χ4v) is 2.76. The summed E-state index contributed by atoms with van der Waals surface area (Å²) in [7, 11) is 1.35. The quantitative estimate of drug-likeness (QED) is 0.685. The number of carbonyl (C=O) groups is 1. The molecule has 0 unspecified atom stereocenters. The van der Waals surface area contributed by atoms with Crippen molar-refractivity contribution < 1.29 is 13.9 Å². The van der Waals surface area contributed by atoms with Crippen LogP contribution in [0.2, 0.25) is 0 Å². The topological polar surface area (TPSA) is 57.0 Å². The van der Waals surface area contributed by atoms with Crippen LogP contribution >= 0.6 is 0 Å². The Labute approximate surface area is 139 Å². The van der Waals surface area contributed by atoms with E-state index in [1.807, 2.05) is 13.8 Å². The fourth-order valence-electron chi connectivity index (χ4n) is 2.76. The Kier molecular flexibility index (Phi) is 4.29. The van der Waals surface area contributed by atoms with E-state index in [2.05, 4.69) is 10.1 Å². The number of aryl methyl sites for hydroxylation is 2. The first kappa shape index (κ1) is 16.1. The maximum absolute atomic E-state index is 13.2. The molecule has 5 nitrogen and oxygen atoms in total. The van der Waals surface area contributed by atoms with Crippen LogP contribution in [0.25, 0.3) is 22.3 Å². The summed E-state index contributed by atoms with van der Waals surface area (Å²) < 4.78 is 19.9. The lowest BCUT2D eigenvalue weighted by atomic mass is 10.1. The summed E-state index contributed by atoms with van der Waals surface area (Å²) in [6.45, 7) is 4.60. The number of pyridine rings is 1. The summed E-state index contributed by atoms with van der Waals surface area (Å²) in [6.07, 6.45) is 0.895. The number of halogens is 1. The molecule has 3 rings (SSSR count). The Hall–Kier alpha value is -2.76. The first-order chi connectivity index (χ1) is 11.5. The lowest BCUT2D eigenvalue weighted by molar-refractivity contribution is 0.0603. The number of benzene rings is 1. The van der Waals surface area contributed by atoms with Gasteiger partial charge in [0.15, 0.2) is 5.65 Å². The van der Waals surface area contributed by atoms with Crippen molar-refractivity contribution in [2.24, 2.45) is 0 Å². The maximum Gasteiger partial charge on any atom is 0.338 e. The van der Waals surface area contributed by atoms with Crippen molar-refractivity contribution in [2.45, 2.75) is 26.8 Å². The van der Waals surface area contributed by atoms with Gasteiger partial charge in [-0.1, -0.05) is 6.92 Å². The van der Waals surface area contributed by atoms with Gasteiger partial charge in [0.25, 0.3) is 0 Å². The zero-order valence-electron chi connectivity index (χ0n) is 13.8. The summed E-state index contributed by atoms with van der Waals surface area (Å²) in [5, 5.41) is 5.19. The van der Waals surface area contributed by atoms with Crippen molar-refractivity contribution in [3.05, 3.63) is 47.4 Å². The second-order valence-electron chi connectivity index (χ2n) is 5.56. The minimum Gasteiger partial charge on any atom is -0.465 e. The fraction of sp³-hybridized carbons (Fsp3) is 0.278. The third-order valence-corrected chi connectivity index (χ3v) is 3.86. The van der Waals surface area contributed by atoms with Gasteiger partial charge in [-0.25, -0.2) is 18.9 Å². The molecule has 0 saturated carbocycles. The number of hydrogen-bond donors (Lipinski definition) is 0.